The number of nitrogens with zero attached hydrogens (tertiary/aromatic N) is 2. The van der Waals surface area contributed by atoms with Gasteiger partial charge in [-0.3, -0.25) is 9.59 Å². The lowest BCUT2D eigenvalue weighted by Crippen LogP contribution is -2.50. The van der Waals surface area contributed by atoms with Crippen molar-refractivity contribution in [2.75, 3.05) is 26.7 Å². The van der Waals surface area contributed by atoms with E-state index in [2.05, 4.69) is 12.2 Å². The molecule has 0 spiro atoms. The molecule has 9 heteroatoms. The lowest BCUT2D eigenvalue weighted by atomic mass is 10.0. The van der Waals surface area contributed by atoms with E-state index in [0.29, 0.717) is 32.5 Å². The van der Waals surface area contributed by atoms with E-state index in [0.717, 1.165) is 54.5 Å². The predicted molar refractivity (Wildman–Crippen MR) is 173 cm³/mol. The van der Waals surface area contributed by atoms with Crippen LogP contribution in [-0.4, -0.2) is 62.2 Å². The molecule has 3 aromatic rings. The Hall–Kier alpha value is -3.69. The Bertz CT molecular complexity index is 1440. The molecule has 0 bridgehead atoms. The average molecular weight is 620 g/mol. The molecule has 0 aliphatic carbocycles. The van der Waals surface area contributed by atoms with Gasteiger partial charge in [-0.1, -0.05) is 74.4 Å². The largest absolute Gasteiger partial charge is 0.497 e. The van der Waals surface area contributed by atoms with Gasteiger partial charge in [0.1, 0.15) is 11.8 Å². The topological polar surface area (TPSA) is 96.0 Å². The SMILES string of the molecule is CCCCCNC(=O)[C@H](Cc1ccccc1)N(Cc1ccc(OC)cc1)C(=O)CCc1ccc(S(=O)(=O)N2CCCC2)cc1. The zero-order valence-electron chi connectivity index (χ0n) is 25.9. The zero-order chi connectivity index (χ0) is 31.4. The van der Waals surface area contributed by atoms with Crippen molar-refractivity contribution in [3.8, 4) is 5.75 Å². The molecule has 0 radical (unpaired) electrons. The van der Waals surface area contributed by atoms with Crippen LogP contribution in [0.3, 0.4) is 0 Å². The fourth-order valence-corrected chi connectivity index (χ4v) is 7.00. The molecule has 0 saturated carbocycles. The Morgan fingerprint density at radius 1 is 0.886 bits per heavy atom. The maximum atomic E-state index is 14.0. The second-order valence-electron chi connectivity index (χ2n) is 11.3. The van der Waals surface area contributed by atoms with Gasteiger partial charge in [-0.2, -0.15) is 4.31 Å². The van der Waals surface area contributed by atoms with Crippen LogP contribution >= 0.6 is 0 Å². The van der Waals surface area contributed by atoms with E-state index in [1.54, 1.807) is 36.3 Å². The number of ether oxygens (including phenoxy) is 1. The first-order valence-corrected chi connectivity index (χ1v) is 17.1. The number of methoxy groups -OCH3 is 1. The summed E-state index contributed by atoms with van der Waals surface area (Å²) in [5.41, 5.74) is 2.74. The molecule has 44 heavy (non-hydrogen) atoms. The van der Waals surface area contributed by atoms with Crippen molar-refractivity contribution in [2.45, 2.75) is 75.8 Å². The van der Waals surface area contributed by atoms with Crippen LogP contribution in [0, 0.1) is 0 Å². The van der Waals surface area contributed by atoms with Crippen molar-refractivity contribution in [3.63, 3.8) is 0 Å². The van der Waals surface area contributed by atoms with Crippen LogP contribution in [0.2, 0.25) is 0 Å². The molecular weight excluding hydrogens is 574 g/mol. The summed E-state index contributed by atoms with van der Waals surface area (Å²) >= 11 is 0. The molecule has 1 heterocycles. The average Bonchev–Trinajstić information content (AvgIpc) is 3.61. The summed E-state index contributed by atoms with van der Waals surface area (Å²) in [5, 5.41) is 3.08. The predicted octanol–water partition coefficient (Wildman–Crippen LogP) is 5.36. The van der Waals surface area contributed by atoms with E-state index in [1.165, 1.54) is 4.31 Å². The molecule has 1 atom stereocenters. The maximum absolute atomic E-state index is 14.0. The van der Waals surface area contributed by atoms with Gasteiger partial charge in [-0.25, -0.2) is 8.42 Å². The summed E-state index contributed by atoms with van der Waals surface area (Å²) in [7, 11) is -1.89. The molecule has 0 unspecified atom stereocenters. The van der Waals surface area contributed by atoms with Crippen LogP contribution < -0.4 is 10.1 Å². The van der Waals surface area contributed by atoms with Crippen LogP contribution in [-0.2, 0) is 39.0 Å². The summed E-state index contributed by atoms with van der Waals surface area (Å²) in [4.78, 5) is 29.6. The number of carbonyl (C=O) groups is 2. The number of carbonyl (C=O) groups excluding carboxylic acids is 2. The highest BCUT2D eigenvalue weighted by Gasteiger charge is 2.30. The number of aryl methyl sites for hydroxylation is 1. The van der Waals surface area contributed by atoms with Crippen LogP contribution in [0.15, 0.2) is 83.8 Å². The van der Waals surface area contributed by atoms with Crippen molar-refractivity contribution < 1.29 is 22.7 Å². The van der Waals surface area contributed by atoms with E-state index in [1.807, 2.05) is 54.6 Å². The quantitative estimate of drug-likeness (QED) is 0.218. The van der Waals surface area contributed by atoms with Crippen molar-refractivity contribution in [1.29, 1.82) is 0 Å². The molecule has 236 valence electrons. The molecule has 2 amide bonds. The number of benzene rings is 3. The minimum atomic E-state index is -3.50. The second kappa shape index (κ2) is 16.4. The van der Waals surface area contributed by atoms with E-state index >= 15 is 0 Å². The number of hydrogen-bond acceptors (Lipinski definition) is 5. The third-order valence-electron chi connectivity index (χ3n) is 8.12. The van der Waals surface area contributed by atoms with Crippen LogP contribution in [0.5, 0.6) is 5.75 Å². The highest BCUT2D eigenvalue weighted by molar-refractivity contribution is 7.89. The lowest BCUT2D eigenvalue weighted by Gasteiger charge is -2.32. The fraction of sp³-hybridized carbons (Fsp3) is 0.429. The molecular formula is C35H45N3O5S. The van der Waals surface area contributed by atoms with Gasteiger partial charge in [-0.05, 0) is 66.6 Å². The zero-order valence-corrected chi connectivity index (χ0v) is 26.7. The third-order valence-corrected chi connectivity index (χ3v) is 10.0. The molecule has 1 aliphatic heterocycles. The smallest absolute Gasteiger partial charge is 0.243 e. The fourth-order valence-electron chi connectivity index (χ4n) is 5.49. The summed E-state index contributed by atoms with van der Waals surface area (Å²) in [6.07, 6.45) is 5.73. The second-order valence-corrected chi connectivity index (χ2v) is 13.3. The standard InChI is InChI=1S/C35H45N3O5S/c1-3-4-8-23-36-35(40)33(26-29-11-6-5-7-12-29)38(27-30-13-18-31(43-2)19-14-30)34(39)22-17-28-15-20-32(21-16-28)44(41,42)37-24-9-10-25-37/h5-7,11-16,18-21,33H,3-4,8-10,17,22-27H2,1-2H3,(H,36,40)/t33-/m0/s1. The number of hydrogen-bond donors (Lipinski definition) is 1. The first-order valence-electron chi connectivity index (χ1n) is 15.6. The number of nitrogens with one attached hydrogen (secondary N) is 1. The Kier molecular flexibility index (Phi) is 12.4. The van der Waals surface area contributed by atoms with Gasteiger partial charge in [0, 0.05) is 39.0 Å². The summed E-state index contributed by atoms with van der Waals surface area (Å²) in [6, 6.07) is 23.4. The van der Waals surface area contributed by atoms with Gasteiger partial charge in [0.15, 0.2) is 0 Å². The maximum Gasteiger partial charge on any atom is 0.243 e. The van der Waals surface area contributed by atoms with Crippen LogP contribution in [0.4, 0.5) is 0 Å². The first kappa shape index (κ1) is 33.2. The first-order chi connectivity index (χ1) is 21.3. The van der Waals surface area contributed by atoms with Crippen molar-refractivity contribution in [3.05, 3.63) is 95.6 Å². The molecule has 1 N–H and O–H groups in total. The summed E-state index contributed by atoms with van der Waals surface area (Å²) in [6.45, 7) is 4.07. The Morgan fingerprint density at radius 2 is 1.55 bits per heavy atom. The summed E-state index contributed by atoms with van der Waals surface area (Å²) < 4.78 is 32.7. The molecule has 3 aromatic carbocycles. The molecule has 1 fully saturated rings. The minimum Gasteiger partial charge on any atom is -0.497 e. The van der Waals surface area contributed by atoms with Crippen molar-refractivity contribution >= 4 is 21.8 Å². The molecule has 0 aromatic heterocycles. The molecule has 1 saturated heterocycles. The van der Waals surface area contributed by atoms with Gasteiger partial charge >= 0.3 is 0 Å². The van der Waals surface area contributed by atoms with E-state index in [9.17, 15) is 18.0 Å². The monoisotopic (exact) mass is 619 g/mol. The third kappa shape index (κ3) is 9.16. The summed E-state index contributed by atoms with van der Waals surface area (Å²) in [5.74, 6) is 0.416. The number of unbranched alkanes of at least 4 members (excludes halogenated alkanes) is 2. The molecule has 4 rings (SSSR count). The van der Waals surface area contributed by atoms with Crippen LogP contribution in [0.25, 0.3) is 0 Å². The molecule has 1 aliphatic rings. The van der Waals surface area contributed by atoms with Gasteiger partial charge in [0.25, 0.3) is 0 Å². The molecule has 8 nitrogen and oxygen atoms in total. The van der Waals surface area contributed by atoms with Gasteiger partial charge in [0.05, 0.1) is 12.0 Å². The van der Waals surface area contributed by atoms with Gasteiger partial charge in [0.2, 0.25) is 21.8 Å². The highest BCUT2D eigenvalue weighted by Crippen LogP contribution is 2.23. The lowest BCUT2D eigenvalue weighted by molar-refractivity contribution is -0.141. The number of amides is 2. The van der Waals surface area contributed by atoms with E-state index in [-0.39, 0.29) is 29.7 Å². The van der Waals surface area contributed by atoms with Crippen molar-refractivity contribution in [2.24, 2.45) is 0 Å². The number of sulfonamides is 1. The number of rotatable bonds is 16. The van der Waals surface area contributed by atoms with Crippen LogP contribution in [0.1, 0.15) is 62.1 Å². The Morgan fingerprint density at radius 3 is 2.18 bits per heavy atom. The Labute approximate surface area is 262 Å². The van der Waals surface area contributed by atoms with Gasteiger partial charge in [-0.15, -0.1) is 0 Å². The van der Waals surface area contributed by atoms with Gasteiger partial charge < -0.3 is 15.0 Å². The van der Waals surface area contributed by atoms with E-state index in [4.69, 9.17) is 4.74 Å². The van der Waals surface area contributed by atoms with Crippen molar-refractivity contribution in [1.82, 2.24) is 14.5 Å². The normalized spacial score (nSPS) is 14.2. The Balaban J connectivity index is 1.54. The van der Waals surface area contributed by atoms with E-state index < -0.39 is 16.1 Å². The minimum absolute atomic E-state index is 0.140. The highest BCUT2D eigenvalue weighted by atomic mass is 32.2.